The van der Waals surface area contributed by atoms with Crippen molar-refractivity contribution < 1.29 is 33.0 Å². The van der Waals surface area contributed by atoms with Gasteiger partial charge in [0, 0.05) is 55.6 Å². The van der Waals surface area contributed by atoms with Crippen LogP contribution < -0.4 is 26.0 Å². The standard InChI is InChI=1S/C36H41FN6O6/c1-6-38-32(44)18-25(10-13-33(45)49-36(3,4)5)41-34(46)23-17-30(40-21-23)31-20-27(14-15-39-31)48-26-11-12-29(28(37)19-26)43-35(47)42-24-9-7-8-22(2)16-24/h7-9,11-12,14-17,19-21,25,40H,6,10,13,18H2,1-5H3,(H,38,44)(H,41,46)(H2,42,43,47). The van der Waals surface area contributed by atoms with Crippen LogP contribution in [-0.2, 0) is 14.3 Å². The van der Waals surface area contributed by atoms with Gasteiger partial charge in [-0.25, -0.2) is 9.18 Å². The van der Waals surface area contributed by atoms with E-state index in [-0.39, 0.29) is 42.2 Å². The van der Waals surface area contributed by atoms with Crippen LogP contribution in [0.15, 0.2) is 73.1 Å². The molecule has 4 amide bonds. The Hall–Kier alpha value is -5.72. The summed E-state index contributed by atoms with van der Waals surface area (Å²) in [5.41, 5.74) is 2.13. The van der Waals surface area contributed by atoms with Crippen LogP contribution in [0.1, 0.15) is 62.9 Å². The third kappa shape index (κ3) is 11.5. The molecule has 258 valence electrons. The van der Waals surface area contributed by atoms with Crippen molar-refractivity contribution in [2.75, 3.05) is 17.2 Å². The number of H-pyrrole nitrogens is 1. The number of pyridine rings is 1. The molecule has 0 aliphatic rings. The molecular weight excluding hydrogens is 631 g/mol. The van der Waals surface area contributed by atoms with E-state index in [1.807, 2.05) is 13.0 Å². The lowest BCUT2D eigenvalue weighted by Crippen LogP contribution is -2.39. The van der Waals surface area contributed by atoms with Crippen LogP contribution in [0.25, 0.3) is 11.4 Å². The zero-order valence-electron chi connectivity index (χ0n) is 28.1. The Morgan fingerprint density at radius 2 is 1.76 bits per heavy atom. The van der Waals surface area contributed by atoms with Gasteiger partial charge in [-0.2, -0.15) is 0 Å². The number of amides is 4. The van der Waals surface area contributed by atoms with Gasteiger partial charge in [0.05, 0.1) is 22.6 Å². The summed E-state index contributed by atoms with van der Waals surface area (Å²) in [6.07, 6.45) is 3.26. The highest BCUT2D eigenvalue weighted by Gasteiger charge is 2.22. The Kier molecular flexibility index (Phi) is 12.1. The number of aromatic nitrogens is 2. The van der Waals surface area contributed by atoms with Gasteiger partial charge in [0.2, 0.25) is 5.91 Å². The molecule has 4 aromatic rings. The second kappa shape index (κ2) is 16.4. The maximum absolute atomic E-state index is 14.9. The molecular formula is C36H41FN6O6. The summed E-state index contributed by atoms with van der Waals surface area (Å²) in [5, 5.41) is 10.7. The molecule has 1 atom stereocenters. The number of urea groups is 1. The molecule has 2 aromatic carbocycles. The van der Waals surface area contributed by atoms with Crippen molar-refractivity contribution >= 4 is 35.2 Å². The zero-order chi connectivity index (χ0) is 35.6. The van der Waals surface area contributed by atoms with Crippen LogP contribution in [0.4, 0.5) is 20.6 Å². The lowest BCUT2D eigenvalue weighted by Gasteiger charge is -2.21. The quantitative estimate of drug-likeness (QED) is 0.0986. The van der Waals surface area contributed by atoms with Gasteiger partial charge >= 0.3 is 12.0 Å². The van der Waals surface area contributed by atoms with Crippen molar-refractivity contribution in [2.24, 2.45) is 0 Å². The van der Waals surface area contributed by atoms with E-state index >= 15 is 0 Å². The molecule has 0 fully saturated rings. The van der Waals surface area contributed by atoms with E-state index in [0.717, 1.165) is 11.6 Å². The number of nitrogens with one attached hydrogen (secondary N) is 5. The van der Waals surface area contributed by atoms with E-state index in [0.29, 0.717) is 29.4 Å². The first-order valence-corrected chi connectivity index (χ1v) is 15.8. The highest BCUT2D eigenvalue weighted by atomic mass is 19.1. The SMILES string of the molecule is CCNC(=O)CC(CCC(=O)OC(C)(C)C)NC(=O)c1c[nH]c(-c2cc(Oc3ccc(NC(=O)Nc4cccc(C)c4)c(F)c3)ccn2)c1. The first-order valence-electron chi connectivity index (χ1n) is 15.8. The van der Waals surface area contributed by atoms with Crippen molar-refractivity contribution in [1.29, 1.82) is 0 Å². The van der Waals surface area contributed by atoms with E-state index in [1.54, 1.807) is 64.1 Å². The van der Waals surface area contributed by atoms with Crippen LogP contribution in [0.5, 0.6) is 11.5 Å². The predicted octanol–water partition coefficient (Wildman–Crippen LogP) is 6.71. The summed E-state index contributed by atoms with van der Waals surface area (Å²) in [4.78, 5) is 57.5. The molecule has 12 nitrogen and oxygen atoms in total. The molecule has 0 saturated heterocycles. The molecule has 0 aliphatic carbocycles. The monoisotopic (exact) mass is 672 g/mol. The van der Waals surface area contributed by atoms with Crippen LogP contribution >= 0.6 is 0 Å². The van der Waals surface area contributed by atoms with Crippen molar-refractivity contribution in [1.82, 2.24) is 20.6 Å². The van der Waals surface area contributed by atoms with E-state index in [1.165, 1.54) is 24.5 Å². The molecule has 0 bridgehead atoms. The van der Waals surface area contributed by atoms with Gasteiger partial charge in [0.15, 0.2) is 0 Å². The number of anilines is 2. The topological polar surface area (TPSA) is 164 Å². The smallest absolute Gasteiger partial charge is 0.323 e. The largest absolute Gasteiger partial charge is 0.460 e. The maximum atomic E-state index is 14.9. The Morgan fingerprint density at radius 3 is 2.47 bits per heavy atom. The summed E-state index contributed by atoms with van der Waals surface area (Å²) in [6, 6.07) is 14.9. The summed E-state index contributed by atoms with van der Waals surface area (Å²) >= 11 is 0. The molecule has 0 radical (unpaired) electrons. The zero-order valence-corrected chi connectivity index (χ0v) is 28.1. The molecule has 0 spiro atoms. The second-order valence-corrected chi connectivity index (χ2v) is 12.3. The molecule has 5 N–H and O–H groups in total. The normalized spacial score (nSPS) is 11.6. The third-order valence-electron chi connectivity index (χ3n) is 6.91. The molecule has 2 aromatic heterocycles. The Bertz CT molecular complexity index is 1800. The molecule has 13 heteroatoms. The van der Waals surface area contributed by atoms with Gasteiger partial charge < -0.3 is 35.7 Å². The van der Waals surface area contributed by atoms with E-state index in [2.05, 4.69) is 31.2 Å². The first-order chi connectivity index (χ1) is 23.3. The number of halogens is 1. The minimum absolute atomic E-state index is 0.00115. The number of hydrogen-bond donors (Lipinski definition) is 5. The number of nitrogens with zero attached hydrogens (tertiary/aromatic N) is 1. The lowest BCUT2D eigenvalue weighted by atomic mass is 10.1. The van der Waals surface area contributed by atoms with Crippen molar-refractivity contribution in [3.05, 3.63) is 90.0 Å². The Labute approximate surface area is 284 Å². The van der Waals surface area contributed by atoms with Gasteiger partial charge in [-0.3, -0.25) is 19.4 Å². The maximum Gasteiger partial charge on any atom is 0.323 e. The fourth-order valence-corrected chi connectivity index (χ4v) is 4.77. The highest BCUT2D eigenvalue weighted by Crippen LogP contribution is 2.28. The Balaban J connectivity index is 1.38. The van der Waals surface area contributed by atoms with Crippen molar-refractivity contribution in [3.8, 4) is 22.9 Å². The first kappa shape index (κ1) is 36.1. The number of ether oxygens (including phenoxy) is 2. The summed E-state index contributed by atoms with van der Waals surface area (Å²) in [5.74, 6) is -1.26. The minimum Gasteiger partial charge on any atom is -0.460 e. The molecule has 0 aliphatic heterocycles. The molecule has 0 saturated carbocycles. The predicted molar refractivity (Wildman–Crippen MR) is 184 cm³/mol. The molecule has 4 rings (SSSR count). The molecule has 49 heavy (non-hydrogen) atoms. The minimum atomic E-state index is -0.692. The summed E-state index contributed by atoms with van der Waals surface area (Å²) in [6.45, 7) is 9.44. The van der Waals surface area contributed by atoms with E-state index in [4.69, 9.17) is 9.47 Å². The third-order valence-corrected chi connectivity index (χ3v) is 6.91. The molecule has 2 heterocycles. The number of esters is 1. The number of rotatable bonds is 13. The number of benzene rings is 2. The van der Waals surface area contributed by atoms with Crippen molar-refractivity contribution in [2.45, 2.75) is 65.5 Å². The number of carbonyl (C=O) groups is 4. The van der Waals surface area contributed by atoms with Crippen LogP contribution in [-0.4, -0.2) is 52.0 Å². The Morgan fingerprint density at radius 1 is 0.980 bits per heavy atom. The lowest BCUT2D eigenvalue weighted by molar-refractivity contribution is -0.155. The van der Waals surface area contributed by atoms with Gasteiger partial charge in [-0.15, -0.1) is 0 Å². The number of carbonyl (C=O) groups excluding carboxylic acids is 4. The summed E-state index contributed by atoms with van der Waals surface area (Å²) in [7, 11) is 0. The van der Waals surface area contributed by atoms with Gasteiger partial charge in [0.1, 0.15) is 22.9 Å². The number of aromatic amines is 1. The van der Waals surface area contributed by atoms with Crippen LogP contribution in [0.3, 0.4) is 0 Å². The van der Waals surface area contributed by atoms with E-state index < -0.39 is 35.4 Å². The fourth-order valence-electron chi connectivity index (χ4n) is 4.77. The average molecular weight is 673 g/mol. The van der Waals surface area contributed by atoms with E-state index in [9.17, 15) is 23.6 Å². The van der Waals surface area contributed by atoms with Gasteiger partial charge in [-0.05, 0) is 83.0 Å². The van der Waals surface area contributed by atoms with Gasteiger partial charge in [-0.1, -0.05) is 12.1 Å². The van der Waals surface area contributed by atoms with Crippen LogP contribution in [0, 0.1) is 12.7 Å². The van der Waals surface area contributed by atoms with Crippen LogP contribution in [0.2, 0.25) is 0 Å². The number of hydrogen-bond acceptors (Lipinski definition) is 7. The van der Waals surface area contributed by atoms with Crippen molar-refractivity contribution in [3.63, 3.8) is 0 Å². The fraction of sp³-hybridized carbons (Fsp3) is 0.306. The highest BCUT2D eigenvalue weighted by molar-refractivity contribution is 6.00. The summed E-state index contributed by atoms with van der Waals surface area (Å²) < 4.78 is 26.1. The second-order valence-electron chi connectivity index (χ2n) is 12.3. The number of aryl methyl sites for hydroxylation is 1. The average Bonchev–Trinajstić information content (AvgIpc) is 3.52. The van der Waals surface area contributed by atoms with Gasteiger partial charge in [0.25, 0.3) is 5.91 Å². The molecule has 1 unspecified atom stereocenters.